The molecule has 1 aromatic carbocycles. The highest BCUT2D eigenvalue weighted by atomic mass is 32.2. The Morgan fingerprint density at radius 1 is 1.10 bits per heavy atom. The molecule has 0 amide bonds. The fourth-order valence-corrected chi connectivity index (χ4v) is 3.80. The topological polar surface area (TPSA) is 6.48 Å². The maximum atomic E-state index is 2.60. The lowest BCUT2D eigenvalue weighted by molar-refractivity contribution is 0.149. The monoisotopic (exact) mass is 292 g/mol. The average molecular weight is 292 g/mol. The van der Waals surface area contributed by atoms with E-state index in [-0.39, 0.29) is 0 Å². The second-order valence-corrected chi connectivity index (χ2v) is 7.69. The third-order valence-electron chi connectivity index (χ3n) is 3.90. The fraction of sp³-hybridized carbons (Fsp3) is 0.647. The molecule has 1 aliphatic heterocycles. The normalized spacial score (nSPS) is 19.4. The van der Waals surface area contributed by atoms with E-state index < -0.39 is 0 Å². The average Bonchev–Trinajstić information content (AvgIpc) is 2.39. The largest absolute Gasteiger partial charge is 0.304 e. The Labute approximate surface area is 128 Å². The molecule has 3 heteroatoms. The first-order valence-corrected chi connectivity index (χ1v) is 8.61. The van der Waals surface area contributed by atoms with Crippen LogP contribution in [0.5, 0.6) is 0 Å². The molecule has 0 spiro atoms. The van der Waals surface area contributed by atoms with Crippen LogP contribution in [0.15, 0.2) is 29.2 Å². The first kappa shape index (κ1) is 15.9. The van der Waals surface area contributed by atoms with Crippen molar-refractivity contribution in [1.29, 1.82) is 0 Å². The van der Waals surface area contributed by atoms with Gasteiger partial charge in [-0.3, -0.25) is 4.90 Å². The van der Waals surface area contributed by atoms with Gasteiger partial charge in [0.15, 0.2) is 0 Å². The van der Waals surface area contributed by atoms with Crippen LogP contribution >= 0.6 is 11.8 Å². The first-order valence-electron chi connectivity index (χ1n) is 7.73. The zero-order chi connectivity index (χ0) is 14.5. The molecular weight excluding hydrogens is 264 g/mol. The number of benzene rings is 1. The third-order valence-corrected chi connectivity index (χ3v) is 5.07. The molecule has 0 bridgehead atoms. The molecule has 1 aliphatic rings. The summed E-state index contributed by atoms with van der Waals surface area (Å²) >= 11 is 2.00. The van der Waals surface area contributed by atoms with E-state index in [0.717, 1.165) is 5.92 Å². The molecule has 1 saturated heterocycles. The summed E-state index contributed by atoms with van der Waals surface area (Å²) in [4.78, 5) is 6.42. The van der Waals surface area contributed by atoms with Crippen LogP contribution in [-0.2, 0) is 6.42 Å². The molecule has 20 heavy (non-hydrogen) atoms. The van der Waals surface area contributed by atoms with Crippen molar-refractivity contribution in [2.45, 2.75) is 37.5 Å². The molecule has 0 N–H and O–H groups in total. The summed E-state index contributed by atoms with van der Waals surface area (Å²) in [6, 6.07) is 9.08. The number of piperazine rings is 1. The number of rotatable bonds is 5. The van der Waals surface area contributed by atoms with Gasteiger partial charge in [-0.25, -0.2) is 0 Å². The molecule has 2 nitrogen and oxygen atoms in total. The van der Waals surface area contributed by atoms with Crippen molar-refractivity contribution in [1.82, 2.24) is 9.80 Å². The van der Waals surface area contributed by atoms with Gasteiger partial charge >= 0.3 is 0 Å². The Bertz CT molecular complexity index is 411. The smallest absolute Gasteiger partial charge is 0.0576 e. The van der Waals surface area contributed by atoms with E-state index in [0.29, 0.717) is 5.37 Å². The number of likely N-dealkylation sites (N-methyl/N-ethyl adjacent to an activating group) is 1. The van der Waals surface area contributed by atoms with Crippen molar-refractivity contribution in [2.24, 2.45) is 5.92 Å². The molecule has 1 heterocycles. The lowest BCUT2D eigenvalue weighted by Gasteiger charge is -2.36. The molecule has 1 unspecified atom stereocenters. The Kier molecular flexibility index (Phi) is 5.94. The second-order valence-electron chi connectivity index (χ2n) is 6.30. The van der Waals surface area contributed by atoms with Gasteiger partial charge in [0.2, 0.25) is 0 Å². The first-order chi connectivity index (χ1) is 9.54. The van der Waals surface area contributed by atoms with E-state index in [9.17, 15) is 0 Å². The van der Waals surface area contributed by atoms with Crippen LogP contribution in [0.2, 0.25) is 0 Å². The Balaban J connectivity index is 1.92. The van der Waals surface area contributed by atoms with Gasteiger partial charge in [0.05, 0.1) is 5.37 Å². The van der Waals surface area contributed by atoms with Crippen molar-refractivity contribution >= 4 is 11.8 Å². The highest BCUT2D eigenvalue weighted by Gasteiger charge is 2.19. The van der Waals surface area contributed by atoms with Crippen LogP contribution < -0.4 is 0 Å². The summed E-state index contributed by atoms with van der Waals surface area (Å²) in [5.74, 6) is 0.727. The van der Waals surface area contributed by atoms with Gasteiger partial charge in [0, 0.05) is 31.1 Å². The SMILES string of the molecule is CC(C)Cc1cccc(SC(C)N2CCN(C)CC2)c1. The van der Waals surface area contributed by atoms with E-state index in [1.165, 1.54) is 43.1 Å². The molecule has 2 rings (SSSR count). The number of hydrogen-bond acceptors (Lipinski definition) is 3. The van der Waals surface area contributed by atoms with Gasteiger partial charge < -0.3 is 4.90 Å². The van der Waals surface area contributed by atoms with Gasteiger partial charge in [-0.1, -0.05) is 26.0 Å². The predicted octanol–water partition coefficient (Wildman–Crippen LogP) is 3.57. The standard InChI is InChI=1S/C17H28N2S/c1-14(2)12-16-6-5-7-17(13-16)20-15(3)19-10-8-18(4)9-11-19/h5-7,13-15H,8-12H2,1-4H3. The minimum absolute atomic E-state index is 0.568. The molecule has 0 radical (unpaired) electrons. The van der Waals surface area contributed by atoms with Crippen LogP contribution in [0.3, 0.4) is 0 Å². The summed E-state index contributed by atoms with van der Waals surface area (Å²) in [6.45, 7) is 11.7. The predicted molar refractivity (Wildman–Crippen MR) is 89.4 cm³/mol. The fourth-order valence-electron chi connectivity index (χ4n) is 2.67. The number of thioether (sulfide) groups is 1. The van der Waals surface area contributed by atoms with Gasteiger partial charge in [0.25, 0.3) is 0 Å². The van der Waals surface area contributed by atoms with Gasteiger partial charge in [-0.05, 0) is 44.0 Å². The van der Waals surface area contributed by atoms with Gasteiger partial charge in [-0.2, -0.15) is 0 Å². The van der Waals surface area contributed by atoms with Gasteiger partial charge in [-0.15, -0.1) is 11.8 Å². The Hall–Kier alpha value is -0.510. The van der Waals surface area contributed by atoms with Gasteiger partial charge in [0.1, 0.15) is 0 Å². The van der Waals surface area contributed by atoms with E-state index >= 15 is 0 Å². The van der Waals surface area contributed by atoms with Crippen LogP contribution in [0, 0.1) is 5.92 Å². The van der Waals surface area contributed by atoms with Crippen molar-refractivity contribution < 1.29 is 0 Å². The molecule has 1 fully saturated rings. The molecular formula is C17H28N2S. The van der Waals surface area contributed by atoms with E-state index in [2.05, 4.69) is 61.9 Å². The van der Waals surface area contributed by atoms with E-state index in [4.69, 9.17) is 0 Å². The van der Waals surface area contributed by atoms with E-state index in [1.54, 1.807) is 0 Å². The minimum Gasteiger partial charge on any atom is -0.304 e. The molecule has 1 atom stereocenters. The molecule has 1 aromatic rings. The van der Waals surface area contributed by atoms with E-state index in [1.807, 2.05) is 11.8 Å². The van der Waals surface area contributed by atoms with Crippen LogP contribution in [0.4, 0.5) is 0 Å². The molecule has 112 valence electrons. The van der Waals surface area contributed by atoms with Crippen molar-refractivity contribution in [2.75, 3.05) is 33.2 Å². The maximum Gasteiger partial charge on any atom is 0.0576 e. The zero-order valence-electron chi connectivity index (χ0n) is 13.3. The Morgan fingerprint density at radius 3 is 2.45 bits per heavy atom. The maximum absolute atomic E-state index is 2.60. The lowest BCUT2D eigenvalue weighted by Crippen LogP contribution is -2.47. The number of nitrogens with zero attached hydrogens (tertiary/aromatic N) is 2. The summed E-state index contributed by atoms with van der Waals surface area (Å²) in [5, 5.41) is 0.568. The minimum atomic E-state index is 0.568. The van der Waals surface area contributed by atoms with Crippen molar-refractivity contribution in [3.8, 4) is 0 Å². The summed E-state index contributed by atoms with van der Waals surface area (Å²) < 4.78 is 0. The van der Waals surface area contributed by atoms with Crippen LogP contribution in [0.1, 0.15) is 26.3 Å². The van der Waals surface area contributed by atoms with Crippen LogP contribution in [0.25, 0.3) is 0 Å². The highest BCUT2D eigenvalue weighted by Crippen LogP contribution is 2.27. The third kappa shape index (κ3) is 4.80. The molecule has 0 aliphatic carbocycles. The quantitative estimate of drug-likeness (QED) is 0.766. The Morgan fingerprint density at radius 2 is 1.80 bits per heavy atom. The summed E-state index contributed by atoms with van der Waals surface area (Å²) in [6.07, 6.45) is 1.18. The zero-order valence-corrected chi connectivity index (χ0v) is 14.1. The summed E-state index contributed by atoms with van der Waals surface area (Å²) in [7, 11) is 2.21. The summed E-state index contributed by atoms with van der Waals surface area (Å²) in [5.41, 5.74) is 1.47. The highest BCUT2D eigenvalue weighted by molar-refractivity contribution is 7.99. The molecule has 0 aromatic heterocycles. The van der Waals surface area contributed by atoms with Crippen molar-refractivity contribution in [3.05, 3.63) is 29.8 Å². The lowest BCUT2D eigenvalue weighted by atomic mass is 10.0. The molecule has 0 saturated carbocycles. The van der Waals surface area contributed by atoms with Crippen molar-refractivity contribution in [3.63, 3.8) is 0 Å². The second kappa shape index (κ2) is 7.48. The number of hydrogen-bond donors (Lipinski definition) is 0. The van der Waals surface area contributed by atoms with Crippen LogP contribution in [-0.4, -0.2) is 48.4 Å².